The number of rotatable bonds is 3. The highest BCUT2D eigenvalue weighted by Gasteiger charge is 2.28. The van der Waals surface area contributed by atoms with Crippen LogP contribution in [-0.4, -0.2) is 28.0 Å². The molecular formula is C19H20N2O2S. The summed E-state index contributed by atoms with van der Waals surface area (Å²) in [6.45, 7) is 8.63. The molecule has 5 heteroatoms. The molecule has 0 aliphatic carbocycles. The van der Waals surface area contributed by atoms with Gasteiger partial charge in [-0.15, -0.1) is 11.3 Å². The summed E-state index contributed by atoms with van der Waals surface area (Å²) >= 11 is 1.57. The van der Waals surface area contributed by atoms with Gasteiger partial charge in [-0.25, -0.2) is 0 Å². The summed E-state index contributed by atoms with van der Waals surface area (Å²) in [4.78, 5) is 29.4. The predicted octanol–water partition coefficient (Wildman–Crippen LogP) is 3.64. The normalized spacial score (nSPS) is 17.2. The van der Waals surface area contributed by atoms with Gasteiger partial charge in [-0.1, -0.05) is 18.7 Å². The number of carbonyl (C=O) groups is 2. The SMILES string of the molecule is C=C1C=CC=CN1/C(=C\C)C(=O)N1CCc2c(C(C)=O)csc2C1. The van der Waals surface area contributed by atoms with Crippen molar-refractivity contribution in [1.29, 1.82) is 0 Å². The molecule has 0 bridgehead atoms. The second-order valence-electron chi connectivity index (χ2n) is 5.82. The first-order chi connectivity index (χ1) is 11.5. The Bertz CT molecular complexity index is 798. The molecule has 0 spiro atoms. The number of fused-ring (bicyclic) bond motifs is 1. The number of thiophene rings is 1. The lowest BCUT2D eigenvalue weighted by molar-refractivity contribution is -0.129. The molecule has 0 saturated carbocycles. The van der Waals surface area contributed by atoms with Crippen molar-refractivity contribution < 1.29 is 9.59 Å². The number of hydrogen-bond donors (Lipinski definition) is 0. The van der Waals surface area contributed by atoms with Crippen LogP contribution in [0.4, 0.5) is 0 Å². The Morgan fingerprint density at radius 2 is 2.12 bits per heavy atom. The number of carbonyl (C=O) groups excluding carboxylic acids is 2. The highest BCUT2D eigenvalue weighted by Crippen LogP contribution is 2.30. The third kappa shape index (κ3) is 2.87. The van der Waals surface area contributed by atoms with Crippen molar-refractivity contribution in [2.24, 2.45) is 0 Å². The molecule has 0 saturated heterocycles. The minimum absolute atomic E-state index is 0.0120. The van der Waals surface area contributed by atoms with Gasteiger partial charge < -0.3 is 9.80 Å². The van der Waals surface area contributed by atoms with Gasteiger partial charge in [0.05, 0.1) is 6.54 Å². The maximum absolute atomic E-state index is 13.0. The van der Waals surface area contributed by atoms with E-state index in [0.29, 0.717) is 18.8 Å². The van der Waals surface area contributed by atoms with Crippen LogP contribution in [0.3, 0.4) is 0 Å². The summed E-state index contributed by atoms with van der Waals surface area (Å²) < 4.78 is 0. The van der Waals surface area contributed by atoms with Gasteiger partial charge >= 0.3 is 0 Å². The second kappa shape index (κ2) is 6.61. The smallest absolute Gasteiger partial charge is 0.270 e. The second-order valence-corrected chi connectivity index (χ2v) is 6.78. The summed E-state index contributed by atoms with van der Waals surface area (Å²) in [5, 5.41) is 1.91. The van der Waals surface area contributed by atoms with E-state index in [1.807, 2.05) is 52.6 Å². The summed E-state index contributed by atoms with van der Waals surface area (Å²) in [5.74, 6) is 0.0879. The molecule has 2 aliphatic rings. The van der Waals surface area contributed by atoms with Crippen molar-refractivity contribution in [2.45, 2.75) is 26.8 Å². The molecule has 1 aromatic rings. The van der Waals surface area contributed by atoms with Crippen LogP contribution >= 0.6 is 11.3 Å². The number of nitrogens with zero attached hydrogens (tertiary/aromatic N) is 2. The van der Waals surface area contributed by atoms with Crippen molar-refractivity contribution in [3.05, 3.63) is 69.9 Å². The van der Waals surface area contributed by atoms with E-state index in [1.54, 1.807) is 18.3 Å². The Labute approximate surface area is 146 Å². The van der Waals surface area contributed by atoms with Crippen LogP contribution in [0.15, 0.2) is 53.9 Å². The highest BCUT2D eigenvalue weighted by molar-refractivity contribution is 7.10. The van der Waals surface area contributed by atoms with E-state index in [9.17, 15) is 9.59 Å². The largest absolute Gasteiger partial charge is 0.332 e. The number of Topliss-reactive ketones (excluding diaryl/α,β-unsaturated/α-hetero) is 1. The zero-order valence-corrected chi connectivity index (χ0v) is 14.7. The fourth-order valence-corrected chi connectivity index (χ4v) is 4.19. The molecule has 0 unspecified atom stereocenters. The molecule has 1 aromatic heterocycles. The minimum atomic E-state index is -0.0120. The average molecular weight is 340 g/mol. The van der Waals surface area contributed by atoms with Crippen LogP contribution in [0.5, 0.6) is 0 Å². The molecule has 0 atom stereocenters. The third-order valence-corrected chi connectivity index (χ3v) is 5.32. The van der Waals surface area contributed by atoms with Gasteiger partial charge in [0.15, 0.2) is 5.78 Å². The van der Waals surface area contributed by atoms with E-state index < -0.39 is 0 Å². The van der Waals surface area contributed by atoms with Gasteiger partial charge in [0.25, 0.3) is 5.91 Å². The lowest BCUT2D eigenvalue weighted by Gasteiger charge is -2.32. The van der Waals surface area contributed by atoms with E-state index in [0.717, 1.165) is 28.1 Å². The number of amides is 1. The quantitative estimate of drug-likeness (QED) is 0.623. The van der Waals surface area contributed by atoms with Crippen molar-refractivity contribution in [2.75, 3.05) is 6.54 Å². The molecule has 2 aliphatic heterocycles. The van der Waals surface area contributed by atoms with E-state index in [2.05, 4.69) is 6.58 Å². The topological polar surface area (TPSA) is 40.6 Å². The van der Waals surface area contributed by atoms with Gasteiger partial charge in [-0.2, -0.15) is 0 Å². The fraction of sp³-hybridized carbons (Fsp3) is 0.263. The molecule has 0 aromatic carbocycles. The molecule has 3 heterocycles. The van der Waals surface area contributed by atoms with Gasteiger partial charge in [0.1, 0.15) is 5.70 Å². The predicted molar refractivity (Wildman–Crippen MR) is 96.5 cm³/mol. The van der Waals surface area contributed by atoms with Gasteiger partial charge in [0, 0.05) is 34.3 Å². The Kier molecular flexibility index (Phi) is 4.53. The van der Waals surface area contributed by atoms with Crippen LogP contribution in [0.25, 0.3) is 0 Å². The number of ketones is 1. The Hall–Kier alpha value is -2.40. The molecule has 124 valence electrons. The summed E-state index contributed by atoms with van der Waals surface area (Å²) in [6.07, 6.45) is 10.1. The Morgan fingerprint density at radius 3 is 2.79 bits per heavy atom. The summed E-state index contributed by atoms with van der Waals surface area (Å²) in [5.41, 5.74) is 3.30. The maximum atomic E-state index is 13.0. The molecule has 24 heavy (non-hydrogen) atoms. The summed E-state index contributed by atoms with van der Waals surface area (Å²) in [6, 6.07) is 0. The Morgan fingerprint density at radius 1 is 1.33 bits per heavy atom. The van der Waals surface area contributed by atoms with Crippen molar-refractivity contribution in [3.63, 3.8) is 0 Å². The highest BCUT2D eigenvalue weighted by atomic mass is 32.1. The first kappa shape index (κ1) is 16.5. The van der Waals surface area contributed by atoms with Crippen LogP contribution in [0, 0.1) is 0 Å². The fourth-order valence-electron chi connectivity index (χ4n) is 3.04. The van der Waals surface area contributed by atoms with Gasteiger partial charge in [-0.3, -0.25) is 9.59 Å². The molecule has 0 N–H and O–H groups in total. The molecule has 1 amide bonds. The first-order valence-electron chi connectivity index (χ1n) is 7.91. The van der Waals surface area contributed by atoms with E-state index in [-0.39, 0.29) is 11.7 Å². The third-order valence-electron chi connectivity index (χ3n) is 4.31. The molecule has 3 rings (SSSR count). The lowest BCUT2D eigenvalue weighted by Crippen LogP contribution is -2.39. The number of allylic oxidation sites excluding steroid dienone is 4. The van der Waals surface area contributed by atoms with Crippen molar-refractivity contribution in [3.8, 4) is 0 Å². The van der Waals surface area contributed by atoms with E-state index in [1.165, 1.54) is 0 Å². The van der Waals surface area contributed by atoms with Crippen molar-refractivity contribution >= 4 is 23.0 Å². The zero-order chi connectivity index (χ0) is 17.3. The number of hydrogen-bond acceptors (Lipinski definition) is 4. The van der Waals surface area contributed by atoms with E-state index in [4.69, 9.17) is 0 Å². The molecule has 0 radical (unpaired) electrons. The first-order valence-corrected chi connectivity index (χ1v) is 8.79. The molecule has 0 fully saturated rings. The van der Waals surface area contributed by atoms with Gasteiger partial charge in [0.2, 0.25) is 0 Å². The summed E-state index contributed by atoms with van der Waals surface area (Å²) in [7, 11) is 0. The lowest BCUT2D eigenvalue weighted by atomic mass is 10.0. The monoisotopic (exact) mass is 340 g/mol. The maximum Gasteiger partial charge on any atom is 0.270 e. The standard InChI is InChI=1S/C19H20N2O2S/c1-4-17(21-9-6-5-7-13(21)2)19(23)20-10-8-15-16(14(3)22)12-24-18(15)11-20/h4-7,9,12H,2,8,10-11H2,1,3H3/b17-4-. The van der Waals surface area contributed by atoms with Gasteiger partial charge in [-0.05, 0) is 38.0 Å². The van der Waals surface area contributed by atoms with Crippen molar-refractivity contribution in [1.82, 2.24) is 9.80 Å². The minimum Gasteiger partial charge on any atom is -0.332 e. The zero-order valence-electron chi connectivity index (χ0n) is 13.9. The Balaban J connectivity index is 1.80. The van der Waals surface area contributed by atoms with E-state index >= 15 is 0 Å². The van der Waals surface area contributed by atoms with Crippen LogP contribution in [0.1, 0.15) is 34.6 Å². The molecular weight excluding hydrogens is 320 g/mol. The van der Waals surface area contributed by atoms with Crippen LogP contribution in [-0.2, 0) is 17.8 Å². The van der Waals surface area contributed by atoms with Crippen LogP contribution in [0.2, 0.25) is 0 Å². The molecule has 4 nitrogen and oxygen atoms in total. The van der Waals surface area contributed by atoms with Crippen LogP contribution < -0.4 is 0 Å². The average Bonchev–Trinajstić information content (AvgIpc) is 3.00.